The first-order valence-corrected chi connectivity index (χ1v) is 13.9. The van der Waals surface area contributed by atoms with Gasteiger partial charge >= 0.3 is 12.4 Å². The summed E-state index contributed by atoms with van der Waals surface area (Å²) >= 11 is 0. The number of anilines is 1. The second-order valence-electron chi connectivity index (χ2n) is 11.1. The molecule has 3 rings (SSSR count). The number of aliphatic hydroxyl groups excluding tert-OH is 1. The van der Waals surface area contributed by atoms with E-state index in [9.17, 15) is 44.3 Å². The van der Waals surface area contributed by atoms with Crippen LogP contribution in [0.2, 0.25) is 0 Å². The number of aromatic nitrogens is 1. The van der Waals surface area contributed by atoms with E-state index in [2.05, 4.69) is 15.2 Å². The molecular weight excluding hydrogens is 575 g/mol. The third kappa shape index (κ3) is 8.46. The number of rotatable bonds is 8. The van der Waals surface area contributed by atoms with Crippen molar-refractivity contribution < 1.29 is 53.5 Å². The Labute approximate surface area is 226 Å². The number of halogens is 7. The van der Waals surface area contributed by atoms with Crippen molar-refractivity contribution >= 4 is 15.5 Å². The number of benzene rings is 1. The molecule has 3 atom stereocenters. The molecule has 1 aliphatic heterocycles. The molecule has 1 aromatic heterocycles. The van der Waals surface area contributed by atoms with Gasteiger partial charge in [0.1, 0.15) is 23.0 Å². The zero-order chi connectivity index (χ0) is 30.3. The second-order valence-corrected chi connectivity index (χ2v) is 13.3. The van der Waals surface area contributed by atoms with Gasteiger partial charge in [0, 0.05) is 31.0 Å². The van der Waals surface area contributed by atoms with E-state index in [-0.39, 0.29) is 17.5 Å². The molecule has 1 saturated heterocycles. The van der Waals surface area contributed by atoms with E-state index < -0.39 is 81.5 Å². The van der Waals surface area contributed by atoms with Crippen molar-refractivity contribution in [2.45, 2.75) is 70.8 Å². The molecule has 0 spiro atoms. The van der Waals surface area contributed by atoms with Gasteiger partial charge in [0.25, 0.3) is 6.10 Å². The zero-order valence-electron chi connectivity index (χ0n) is 21.7. The minimum atomic E-state index is -5.87. The highest BCUT2D eigenvalue weighted by Gasteiger charge is 2.59. The van der Waals surface area contributed by atoms with Gasteiger partial charge in [-0.05, 0) is 29.5 Å². The maximum absolute atomic E-state index is 14.4. The fraction of sp³-hybridized carbons (Fsp3) is 0.625. The van der Waals surface area contributed by atoms with Gasteiger partial charge in [-0.15, -0.1) is 0 Å². The highest BCUT2D eigenvalue weighted by atomic mass is 32.2. The van der Waals surface area contributed by atoms with Crippen LogP contribution in [0.4, 0.5) is 36.4 Å². The second kappa shape index (κ2) is 11.4. The smallest absolute Gasteiger partial charge is 0.434 e. The van der Waals surface area contributed by atoms with Crippen LogP contribution in [0.25, 0.3) is 0 Å². The molecule has 0 aliphatic carbocycles. The van der Waals surface area contributed by atoms with Crippen LogP contribution in [-0.2, 0) is 29.2 Å². The van der Waals surface area contributed by atoms with Crippen LogP contribution in [0, 0.1) is 17.2 Å². The topological polar surface area (TPSA) is 128 Å². The normalized spacial score (nSPS) is 22.1. The molecule has 8 nitrogen and oxygen atoms in total. The van der Waals surface area contributed by atoms with Gasteiger partial charge < -0.3 is 25.4 Å². The predicted molar refractivity (Wildman–Crippen MR) is 129 cm³/mol. The van der Waals surface area contributed by atoms with Gasteiger partial charge in [0.05, 0.1) is 23.3 Å². The molecule has 0 radical (unpaired) electrons. The summed E-state index contributed by atoms with van der Waals surface area (Å²) in [5.74, 6) is -4.05. The molecule has 0 unspecified atom stereocenters. The lowest BCUT2D eigenvalue weighted by Gasteiger charge is -2.35. The van der Waals surface area contributed by atoms with Gasteiger partial charge in [-0.3, -0.25) is 0 Å². The lowest BCUT2D eigenvalue weighted by molar-refractivity contribution is -0.299. The highest BCUT2D eigenvalue weighted by molar-refractivity contribution is 7.91. The quantitative estimate of drug-likeness (QED) is 0.305. The van der Waals surface area contributed by atoms with Crippen molar-refractivity contribution in [3.8, 4) is 5.75 Å². The summed E-state index contributed by atoms with van der Waals surface area (Å²) < 4.78 is 127. The van der Waals surface area contributed by atoms with E-state index in [0.29, 0.717) is 23.9 Å². The average molecular weight is 606 g/mol. The zero-order valence-corrected chi connectivity index (χ0v) is 22.6. The molecule has 1 aliphatic rings. The van der Waals surface area contributed by atoms with Gasteiger partial charge in [-0.25, -0.2) is 12.8 Å². The summed E-state index contributed by atoms with van der Waals surface area (Å²) in [4.78, 5) is 0. The lowest BCUT2D eigenvalue weighted by atomic mass is 9.90. The molecule has 1 fully saturated rings. The Balaban J connectivity index is 1.78. The number of nitrogens with one attached hydrogen (secondary N) is 1. The molecule has 2 heterocycles. The largest absolute Gasteiger partial charge is 0.469 e. The van der Waals surface area contributed by atoms with Crippen LogP contribution in [0.3, 0.4) is 0 Å². The van der Waals surface area contributed by atoms with E-state index >= 15 is 0 Å². The number of aliphatic hydroxyl groups is 1. The molecule has 40 heavy (non-hydrogen) atoms. The number of hydrogen-bond donors (Lipinski definition) is 3. The van der Waals surface area contributed by atoms with E-state index in [4.69, 9.17) is 10.3 Å². The molecule has 0 saturated carbocycles. The number of alkyl halides is 6. The number of hydrogen-bond acceptors (Lipinski definition) is 8. The van der Waals surface area contributed by atoms with Crippen molar-refractivity contribution in [2.24, 2.45) is 11.3 Å². The van der Waals surface area contributed by atoms with Crippen LogP contribution >= 0.6 is 0 Å². The van der Waals surface area contributed by atoms with E-state index in [1.807, 2.05) is 20.8 Å². The lowest BCUT2D eigenvalue weighted by Crippen LogP contribution is -2.54. The standard InChI is InChI=1S/C24H30F7N3O5S/c1-22(2,3)8-15-7-14(34-39-15)9-33-17-11-40(36,37)10-13(20(17)35)4-12-5-16(25)19(32)18(6-12)38-21(23(26,27)28)24(29,30)31/h5-7,13,17,20-21,33,35H,4,8-11,32H2,1-3H3/t13-,17+,20+/m1/s1. The summed E-state index contributed by atoms with van der Waals surface area (Å²) in [7, 11) is -3.76. The predicted octanol–water partition coefficient (Wildman–Crippen LogP) is 3.96. The van der Waals surface area contributed by atoms with Crippen LogP contribution in [0.1, 0.15) is 37.8 Å². The molecule has 0 bridgehead atoms. The Hall–Kier alpha value is -2.59. The monoisotopic (exact) mass is 605 g/mol. The van der Waals surface area contributed by atoms with Crippen molar-refractivity contribution in [3.05, 3.63) is 41.0 Å². The third-order valence-electron chi connectivity index (χ3n) is 6.14. The summed E-state index contributed by atoms with van der Waals surface area (Å²) in [6.45, 7) is 6.06. The Kier molecular flexibility index (Phi) is 9.06. The number of sulfone groups is 1. The SMILES string of the molecule is CC(C)(C)Cc1cc(CN[C@H]2CS(=O)(=O)C[C@@H](Cc3cc(F)c(N)c(OC(C(F)(F)F)C(F)(F)F)c3)[C@@H]2O)no1. The van der Waals surface area contributed by atoms with Crippen LogP contribution in [-0.4, -0.2) is 60.8 Å². The number of nitrogens with two attached hydrogens (primary N) is 1. The van der Waals surface area contributed by atoms with Crippen LogP contribution in [0.5, 0.6) is 5.75 Å². The summed E-state index contributed by atoms with van der Waals surface area (Å²) in [6, 6.07) is 2.10. The maximum atomic E-state index is 14.4. The van der Waals surface area contributed by atoms with Crippen molar-refractivity contribution in [2.75, 3.05) is 17.2 Å². The first kappa shape index (κ1) is 31.9. The molecule has 0 amide bonds. The number of ether oxygens (including phenoxy) is 1. The van der Waals surface area contributed by atoms with Crippen molar-refractivity contribution in [1.29, 1.82) is 0 Å². The molecule has 16 heteroatoms. The van der Waals surface area contributed by atoms with Gasteiger partial charge in [-0.2, -0.15) is 26.3 Å². The first-order chi connectivity index (χ1) is 18.1. The third-order valence-corrected chi connectivity index (χ3v) is 7.95. The molecule has 4 N–H and O–H groups in total. The Morgan fingerprint density at radius 3 is 2.33 bits per heavy atom. The summed E-state index contributed by atoms with van der Waals surface area (Å²) in [5.41, 5.74) is 4.42. The summed E-state index contributed by atoms with van der Waals surface area (Å²) in [6.07, 6.45) is -17.2. The first-order valence-electron chi connectivity index (χ1n) is 12.1. The molecule has 2 aromatic rings. The minimum absolute atomic E-state index is 0.0440. The fourth-order valence-corrected chi connectivity index (χ4v) is 6.41. The molecular formula is C24H30F7N3O5S. The van der Waals surface area contributed by atoms with Crippen molar-refractivity contribution in [3.63, 3.8) is 0 Å². The number of nitrogen functional groups attached to an aromatic ring is 1. The molecule has 226 valence electrons. The fourth-order valence-electron chi connectivity index (χ4n) is 4.44. The van der Waals surface area contributed by atoms with Crippen molar-refractivity contribution in [1.82, 2.24) is 10.5 Å². The van der Waals surface area contributed by atoms with Gasteiger partial charge in [-0.1, -0.05) is 25.9 Å². The Bertz CT molecular complexity index is 1280. The molecule has 1 aromatic carbocycles. The van der Waals surface area contributed by atoms with Crippen LogP contribution < -0.4 is 15.8 Å². The number of nitrogens with zero attached hydrogens (tertiary/aromatic N) is 1. The van der Waals surface area contributed by atoms with Crippen LogP contribution in [0.15, 0.2) is 22.7 Å². The van der Waals surface area contributed by atoms with E-state index in [0.717, 1.165) is 6.07 Å². The highest BCUT2D eigenvalue weighted by Crippen LogP contribution is 2.39. The average Bonchev–Trinajstić information content (AvgIpc) is 3.19. The van der Waals surface area contributed by atoms with Gasteiger partial charge in [0.2, 0.25) is 0 Å². The van der Waals surface area contributed by atoms with Gasteiger partial charge in [0.15, 0.2) is 9.84 Å². The van der Waals surface area contributed by atoms with E-state index in [1.54, 1.807) is 6.07 Å². The maximum Gasteiger partial charge on any atom is 0.434 e. The minimum Gasteiger partial charge on any atom is -0.469 e. The van der Waals surface area contributed by atoms with E-state index in [1.165, 1.54) is 0 Å². The summed E-state index contributed by atoms with van der Waals surface area (Å²) in [5, 5.41) is 17.7. The Morgan fingerprint density at radius 2 is 1.75 bits per heavy atom. The Morgan fingerprint density at radius 1 is 1.12 bits per heavy atom.